The smallest absolute Gasteiger partial charge is 0.257 e. The molecular formula is C13H16ClNO3. The average molecular weight is 270 g/mol. The van der Waals surface area contributed by atoms with Crippen molar-refractivity contribution in [2.45, 2.75) is 26.1 Å². The summed E-state index contributed by atoms with van der Waals surface area (Å²) in [6, 6.07) is 4.48. The van der Waals surface area contributed by atoms with Gasteiger partial charge in [-0.2, -0.15) is 0 Å². The number of nitrogens with zero attached hydrogens (tertiary/aromatic N) is 1. The van der Waals surface area contributed by atoms with Gasteiger partial charge in [0.15, 0.2) is 0 Å². The van der Waals surface area contributed by atoms with Crippen LogP contribution in [0.3, 0.4) is 0 Å². The largest absolute Gasteiger partial charge is 0.507 e. The number of carbonyl (C=O) groups is 1. The second-order valence-electron chi connectivity index (χ2n) is 4.63. The minimum atomic E-state index is -0.211. The normalized spacial score (nSPS) is 24.1. The highest BCUT2D eigenvalue weighted by atomic mass is 35.5. The van der Waals surface area contributed by atoms with Crippen molar-refractivity contribution >= 4 is 17.5 Å². The van der Waals surface area contributed by atoms with Gasteiger partial charge in [0.05, 0.1) is 17.8 Å². The molecule has 1 fully saturated rings. The summed E-state index contributed by atoms with van der Waals surface area (Å²) in [6.07, 6.45) is -0.00180. The molecule has 0 spiro atoms. The maximum Gasteiger partial charge on any atom is 0.257 e. The molecule has 2 rings (SSSR count). The number of amides is 1. The predicted octanol–water partition coefficient (Wildman–Crippen LogP) is 2.29. The van der Waals surface area contributed by atoms with Crippen LogP contribution in [0, 0.1) is 0 Å². The molecule has 1 aromatic carbocycles. The number of aromatic hydroxyl groups is 1. The molecule has 0 radical (unpaired) electrons. The van der Waals surface area contributed by atoms with Crippen LogP contribution >= 0.6 is 11.6 Å². The Morgan fingerprint density at radius 1 is 1.39 bits per heavy atom. The molecule has 0 aliphatic carbocycles. The Balaban J connectivity index is 2.22. The van der Waals surface area contributed by atoms with E-state index in [4.69, 9.17) is 16.3 Å². The highest BCUT2D eigenvalue weighted by molar-refractivity contribution is 6.31. The summed E-state index contributed by atoms with van der Waals surface area (Å²) < 4.78 is 5.57. The van der Waals surface area contributed by atoms with Gasteiger partial charge in [-0.25, -0.2) is 0 Å². The highest BCUT2D eigenvalue weighted by Crippen LogP contribution is 2.24. The summed E-state index contributed by atoms with van der Waals surface area (Å²) in [7, 11) is 0. The van der Waals surface area contributed by atoms with Crippen molar-refractivity contribution in [3.8, 4) is 5.75 Å². The van der Waals surface area contributed by atoms with E-state index in [0.29, 0.717) is 18.1 Å². The lowest BCUT2D eigenvalue weighted by molar-refractivity contribution is -0.0586. The van der Waals surface area contributed by atoms with Gasteiger partial charge in [0.25, 0.3) is 5.91 Å². The fraction of sp³-hybridized carbons (Fsp3) is 0.462. The van der Waals surface area contributed by atoms with Crippen LogP contribution in [-0.4, -0.2) is 41.2 Å². The molecule has 1 N–H and O–H groups in total. The zero-order valence-electron chi connectivity index (χ0n) is 10.4. The van der Waals surface area contributed by atoms with Gasteiger partial charge in [0, 0.05) is 18.1 Å². The Kier molecular flexibility index (Phi) is 3.78. The minimum absolute atomic E-state index is 0.000901. The van der Waals surface area contributed by atoms with Crippen LogP contribution in [0.15, 0.2) is 18.2 Å². The van der Waals surface area contributed by atoms with E-state index in [0.717, 1.165) is 0 Å². The lowest BCUT2D eigenvalue weighted by Crippen LogP contribution is -2.48. The van der Waals surface area contributed by atoms with E-state index < -0.39 is 0 Å². The fourth-order valence-electron chi connectivity index (χ4n) is 2.19. The third-order valence-electron chi connectivity index (χ3n) is 2.90. The van der Waals surface area contributed by atoms with E-state index >= 15 is 0 Å². The summed E-state index contributed by atoms with van der Waals surface area (Å²) in [6.45, 7) is 4.89. The van der Waals surface area contributed by atoms with Crippen molar-refractivity contribution in [2.24, 2.45) is 0 Å². The van der Waals surface area contributed by atoms with E-state index in [1.165, 1.54) is 12.1 Å². The molecular weight excluding hydrogens is 254 g/mol. The Labute approximate surface area is 111 Å². The Hall–Kier alpha value is -1.26. The molecule has 1 aromatic rings. The molecule has 18 heavy (non-hydrogen) atoms. The average Bonchev–Trinajstić information content (AvgIpc) is 2.30. The molecule has 1 aliphatic heterocycles. The number of phenols is 1. The first-order valence-corrected chi connectivity index (χ1v) is 6.28. The number of halogens is 1. The first-order chi connectivity index (χ1) is 8.47. The van der Waals surface area contributed by atoms with Gasteiger partial charge in [-0.15, -0.1) is 0 Å². The van der Waals surface area contributed by atoms with Gasteiger partial charge < -0.3 is 14.7 Å². The molecule has 0 unspecified atom stereocenters. The van der Waals surface area contributed by atoms with E-state index in [1.54, 1.807) is 11.0 Å². The highest BCUT2D eigenvalue weighted by Gasteiger charge is 2.27. The summed E-state index contributed by atoms with van der Waals surface area (Å²) in [5.74, 6) is -0.256. The van der Waals surface area contributed by atoms with Crippen LogP contribution in [0.25, 0.3) is 0 Å². The van der Waals surface area contributed by atoms with Crippen LogP contribution in [0.1, 0.15) is 24.2 Å². The second-order valence-corrected chi connectivity index (χ2v) is 5.07. The van der Waals surface area contributed by atoms with E-state index in [9.17, 15) is 9.90 Å². The molecule has 4 nitrogen and oxygen atoms in total. The number of hydrogen-bond acceptors (Lipinski definition) is 3. The van der Waals surface area contributed by atoms with Gasteiger partial charge in [-0.3, -0.25) is 4.79 Å². The van der Waals surface area contributed by atoms with Crippen LogP contribution in [-0.2, 0) is 4.74 Å². The second kappa shape index (κ2) is 5.16. The van der Waals surface area contributed by atoms with Gasteiger partial charge in [0.2, 0.25) is 0 Å². The Bertz CT molecular complexity index is 454. The molecule has 5 heteroatoms. The van der Waals surface area contributed by atoms with Crippen molar-refractivity contribution in [3.63, 3.8) is 0 Å². The van der Waals surface area contributed by atoms with E-state index in [-0.39, 0.29) is 29.4 Å². The molecule has 1 aliphatic rings. The van der Waals surface area contributed by atoms with Crippen LogP contribution in [0.2, 0.25) is 5.02 Å². The summed E-state index contributed by atoms with van der Waals surface area (Å²) in [5, 5.41) is 10.2. The molecule has 0 bridgehead atoms. The lowest BCUT2D eigenvalue weighted by Gasteiger charge is -2.35. The minimum Gasteiger partial charge on any atom is -0.507 e. The van der Waals surface area contributed by atoms with Crippen molar-refractivity contribution < 1.29 is 14.6 Å². The molecule has 0 aromatic heterocycles. The summed E-state index contributed by atoms with van der Waals surface area (Å²) in [4.78, 5) is 14.0. The molecule has 1 saturated heterocycles. The van der Waals surface area contributed by atoms with Crippen LogP contribution in [0.5, 0.6) is 5.75 Å². The van der Waals surface area contributed by atoms with Crippen LogP contribution in [0.4, 0.5) is 0 Å². The number of morpholine rings is 1. The lowest BCUT2D eigenvalue weighted by atomic mass is 10.1. The zero-order valence-corrected chi connectivity index (χ0v) is 11.1. The standard InChI is InChI=1S/C13H16ClNO3/c1-8-6-15(7-9(2)18-8)13(17)11-5-10(14)3-4-12(11)16/h3-5,8-9,16H,6-7H2,1-2H3/t8-,9-/m1/s1. The Morgan fingerprint density at radius 2 is 2.00 bits per heavy atom. The van der Waals surface area contributed by atoms with Gasteiger partial charge in [0.1, 0.15) is 5.75 Å². The first kappa shape index (κ1) is 13.2. The predicted molar refractivity (Wildman–Crippen MR) is 69.0 cm³/mol. The zero-order chi connectivity index (χ0) is 13.3. The van der Waals surface area contributed by atoms with Gasteiger partial charge in [-0.05, 0) is 32.0 Å². The number of carbonyl (C=O) groups excluding carboxylic acids is 1. The molecule has 2 atom stereocenters. The number of hydrogen-bond donors (Lipinski definition) is 1. The van der Waals surface area contributed by atoms with Crippen molar-refractivity contribution in [2.75, 3.05) is 13.1 Å². The molecule has 1 amide bonds. The third-order valence-corrected chi connectivity index (χ3v) is 3.13. The monoisotopic (exact) mass is 269 g/mol. The van der Waals surface area contributed by atoms with Crippen molar-refractivity contribution in [1.82, 2.24) is 4.90 Å². The van der Waals surface area contributed by atoms with Crippen molar-refractivity contribution in [1.29, 1.82) is 0 Å². The third kappa shape index (κ3) is 2.76. The molecule has 0 saturated carbocycles. The number of ether oxygens (including phenoxy) is 1. The maximum atomic E-state index is 12.3. The van der Waals surface area contributed by atoms with Gasteiger partial charge >= 0.3 is 0 Å². The van der Waals surface area contributed by atoms with Crippen molar-refractivity contribution in [3.05, 3.63) is 28.8 Å². The van der Waals surface area contributed by atoms with E-state index in [1.807, 2.05) is 13.8 Å². The summed E-state index contributed by atoms with van der Waals surface area (Å²) >= 11 is 5.85. The number of rotatable bonds is 1. The van der Waals surface area contributed by atoms with E-state index in [2.05, 4.69) is 0 Å². The summed E-state index contributed by atoms with van der Waals surface area (Å²) in [5.41, 5.74) is 0.240. The molecule has 1 heterocycles. The maximum absolute atomic E-state index is 12.3. The first-order valence-electron chi connectivity index (χ1n) is 5.90. The topological polar surface area (TPSA) is 49.8 Å². The SMILES string of the molecule is C[C@@H]1CN(C(=O)c2cc(Cl)ccc2O)C[C@@H](C)O1. The quantitative estimate of drug-likeness (QED) is 0.851. The number of phenolic OH excluding ortho intramolecular Hbond substituents is 1. The number of benzene rings is 1. The Morgan fingerprint density at radius 3 is 2.61 bits per heavy atom. The fourth-order valence-corrected chi connectivity index (χ4v) is 2.37. The molecule has 98 valence electrons. The van der Waals surface area contributed by atoms with Gasteiger partial charge in [-0.1, -0.05) is 11.6 Å². The van der Waals surface area contributed by atoms with Crippen LogP contribution < -0.4 is 0 Å².